The van der Waals surface area contributed by atoms with Gasteiger partial charge in [-0.1, -0.05) is 42.4 Å². The van der Waals surface area contributed by atoms with Crippen molar-refractivity contribution < 1.29 is 4.52 Å². The van der Waals surface area contributed by atoms with E-state index in [0.29, 0.717) is 18.4 Å². The molecule has 2 N–H and O–H groups in total. The van der Waals surface area contributed by atoms with Crippen LogP contribution in [0.5, 0.6) is 0 Å². The van der Waals surface area contributed by atoms with Crippen LogP contribution in [0.25, 0.3) is 0 Å². The minimum atomic E-state index is 0. The Morgan fingerprint density at radius 2 is 2.04 bits per heavy atom. The molecule has 2 atom stereocenters. The van der Waals surface area contributed by atoms with Gasteiger partial charge in [-0.15, -0.1) is 12.4 Å². The molecule has 23 heavy (non-hydrogen) atoms. The van der Waals surface area contributed by atoms with Crippen LogP contribution in [-0.2, 0) is 13.0 Å². The van der Waals surface area contributed by atoms with Gasteiger partial charge in [0, 0.05) is 25.4 Å². The zero-order valence-corrected chi connectivity index (χ0v) is 14.3. The van der Waals surface area contributed by atoms with Crippen LogP contribution in [0, 0.1) is 5.92 Å². The van der Waals surface area contributed by atoms with Crippen molar-refractivity contribution >= 4 is 12.4 Å². The van der Waals surface area contributed by atoms with E-state index in [2.05, 4.69) is 52.3 Å². The van der Waals surface area contributed by atoms with Crippen LogP contribution in [0.1, 0.15) is 36.5 Å². The molecular weight excluding hydrogens is 312 g/mol. The molecule has 1 aromatic heterocycles. The van der Waals surface area contributed by atoms with Gasteiger partial charge in [0.05, 0.1) is 6.54 Å². The highest BCUT2D eigenvalue weighted by molar-refractivity contribution is 5.85. The Morgan fingerprint density at radius 3 is 2.74 bits per heavy atom. The number of halogens is 1. The zero-order valence-electron chi connectivity index (χ0n) is 13.5. The fourth-order valence-electron chi connectivity index (χ4n) is 3.28. The van der Waals surface area contributed by atoms with Gasteiger partial charge in [0.15, 0.2) is 5.82 Å². The Labute approximate surface area is 143 Å². The molecule has 1 aliphatic rings. The second-order valence-electron chi connectivity index (χ2n) is 6.06. The number of rotatable bonds is 6. The van der Waals surface area contributed by atoms with Gasteiger partial charge in [-0.05, 0) is 24.4 Å². The van der Waals surface area contributed by atoms with Crippen molar-refractivity contribution in [3.63, 3.8) is 0 Å². The second-order valence-corrected chi connectivity index (χ2v) is 6.06. The Bertz CT molecular complexity index is 589. The largest absolute Gasteiger partial charge is 0.339 e. The highest BCUT2D eigenvalue weighted by Crippen LogP contribution is 2.32. The topological polar surface area (TPSA) is 68.2 Å². The minimum Gasteiger partial charge on any atom is -0.339 e. The summed E-state index contributed by atoms with van der Waals surface area (Å²) in [7, 11) is 0. The Hall–Kier alpha value is -1.43. The van der Waals surface area contributed by atoms with E-state index in [9.17, 15) is 0 Å². The van der Waals surface area contributed by atoms with Gasteiger partial charge in [-0.25, -0.2) is 0 Å². The number of hydrogen-bond donors (Lipinski definition) is 1. The molecule has 0 aliphatic carbocycles. The van der Waals surface area contributed by atoms with Crippen LogP contribution in [0.4, 0.5) is 0 Å². The highest BCUT2D eigenvalue weighted by Gasteiger charge is 2.33. The Kier molecular flexibility index (Phi) is 6.57. The van der Waals surface area contributed by atoms with E-state index in [1.807, 2.05) is 0 Å². The molecule has 1 aromatic carbocycles. The quantitative estimate of drug-likeness (QED) is 0.878. The average Bonchev–Trinajstić information content (AvgIpc) is 3.16. The molecule has 2 heterocycles. The average molecular weight is 337 g/mol. The van der Waals surface area contributed by atoms with E-state index < -0.39 is 0 Å². The standard InChI is InChI=1S/C17H24N4O.ClH/c1-2-6-17-19-16(20-22-17)12-21-10-14(9-18)15(11-21)13-7-4-3-5-8-13;/h3-5,7-8,14-15H,2,6,9-12,18H2,1H3;1H/t14-,15+;/m1./s1. The molecule has 0 unspecified atom stereocenters. The maximum Gasteiger partial charge on any atom is 0.226 e. The van der Waals surface area contributed by atoms with Crippen LogP contribution in [-0.4, -0.2) is 34.7 Å². The number of benzene rings is 1. The van der Waals surface area contributed by atoms with E-state index in [1.54, 1.807) is 0 Å². The lowest BCUT2D eigenvalue weighted by molar-refractivity contribution is 0.298. The summed E-state index contributed by atoms with van der Waals surface area (Å²) in [5.41, 5.74) is 7.36. The predicted octanol–water partition coefficient (Wildman–Crippen LogP) is 2.62. The molecule has 126 valence electrons. The van der Waals surface area contributed by atoms with E-state index >= 15 is 0 Å². The Balaban J connectivity index is 0.00000192. The summed E-state index contributed by atoms with van der Waals surface area (Å²) in [6.45, 7) is 5.56. The summed E-state index contributed by atoms with van der Waals surface area (Å²) in [5.74, 6) is 2.51. The second kappa shape index (κ2) is 8.43. The molecule has 3 rings (SSSR count). The fraction of sp³-hybridized carbons (Fsp3) is 0.529. The number of aryl methyl sites for hydroxylation is 1. The summed E-state index contributed by atoms with van der Waals surface area (Å²) in [6, 6.07) is 10.7. The third kappa shape index (κ3) is 4.31. The van der Waals surface area contributed by atoms with Crippen LogP contribution < -0.4 is 5.73 Å². The van der Waals surface area contributed by atoms with Crippen LogP contribution >= 0.6 is 12.4 Å². The smallest absolute Gasteiger partial charge is 0.226 e. The number of nitrogens with two attached hydrogens (primary N) is 1. The normalized spacial score (nSPS) is 21.3. The third-order valence-electron chi connectivity index (χ3n) is 4.39. The SMILES string of the molecule is CCCc1nc(CN2C[C@@H](CN)[C@H](c3ccccc3)C2)no1.Cl. The van der Waals surface area contributed by atoms with Gasteiger partial charge in [0.25, 0.3) is 0 Å². The molecule has 1 saturated heterocycles. The molecule has 0 radical (unpaired) electrons. The summed E-state index contributed by atoms with van der Waals surface area (Å²) in [6.07, 6.45) is 1.88. The Morgan fingerprint density at radius 1 is 1.26 bits per heavy atom. The molecular formula is C17H25ClN4O. The predicted molar refractivity (Wildman–Crippen MR) is 92.5 cm³/mol. The lowest BCUT2D eigenvalue weighted by Gasteiger charge is -2.16. The van der Waals surface area contributed by atoms with Gasteiger partial charge in [0.1, 0.15) is 0 Å². The summed E-state index contributed by atoms with van der Waals surface area (Å²) < 4.78 is 5.27. The molecule has 1 fully saturated rings. The fourth-order valence-corrected chi connectivity index (χ4v) is 3.28. The van der Waals surface area contributed by atoms with Gasteiger partial charge in [-0.2, -0.15) is 4.98 Å². The minimum absolute atomic E-state index is 0. The molecule has 2 aromatic rings. The first-order chi connectivity index (χ1) is 10.8. The van der Waals surface area contributed by atoms with E-state index in [1.165, 1.54) is 5.56 Å². The number of nitrogens with zero attached hydrogens (tertiary/aromatic N) is 3. The summed E-state index contributed by atoms with van der Waals surface area (Å²) in [4.78, 5) is 6.85. The van der Waals surface area contributed by atoms with Crippen LogP contribution in [0.3, 0.4) is 0 Å². The van der Waals surface area contributed by atoms with Crippen molar-refractivity contribution in [2.24, 2.45) is 11.7 Å². The molecule has 1 aliphatic heterocycles. The monoisotopic (exact) mass is 336 g/mol. The molecule has 6 heteroatoms. The van der Waals surface area contributed by atoms with Crippen LogP contribution in [0.15, 0.2) is 34.9 Å². The van der Waals surface area contributed by atoms with Gasteiger partial charge >= 0.3 is 0 Å². The van der Waals surface area contributed by atoms with Gasteiger partial charge < -0.3 is 10.3 Å². The first-order valence-electron chi connectivity index (χ1n) is 8.09. The molecule has 0 saturated carbocycles. The van der Waals surface area contributed by atoms with Crippen molar-refractivity contribution in [2.75, 3.05) is 19.6 Å². The van der Waals surface area contributed by atoms with Crippen LogP contribution in [0.2, 0.25) is 0 Å². The van der Waals surface area contributed by atoms with Crippen molar-refractivity contribution in [3.8, 4) is 0 Å². The lowest BCUT2D eigenvalue weighted by atomic mass is 9.89. The maximum absolute atomic E-state index is 5.98. The molecule has 0 spiro atoms. The zero-order chi connectivity index (χ0) is 15.4. The lowest BCUT2D eigenvalue weighted by Crippen LogP contribution is -2.23. The van der Waals surface area contributed by atoms with Gasteiger partial charge in [-0.3, -0.25) is 4.90 Å². The van der Waals surface area contributed by atoms with Crippen molar-refractivity contribution in [1.82, 2.24) is 15.0 Å². The van der Waals surface area contributed by atoms with E-state index in [-0.39, 0.29) is 12.4 Å². The van der Waals surface area contributed by atoms with E-state index in [0.717, 1.165) is 44.2 Å². The highest BCUT2D eigenvalue weighted by atomic mass is 35.5. The first kappa shape index (κ1) is 17.9. The van der Waals surface area contributed by atoms with Crippen molar-refractivity contribution in [2.45, 2.75) is 32.2 Å². The number of hydrogen-bond acceptors (Lipinski definition) is 5. The number of aromatic nitrogens is 2. The first-order valence-corrected chi connectivity index (χ1v) is 8.09. The molecule has 5 nitrogen and oxygen atoms in total. The van der Waals surface area contributed by atoms with Crippen molar-refractivity contribution in [3.05, 3.63) is 47.6 Å². The van der Waals surface area contributed by atoms with Gasteiger partial charge in [0.2, 0.25) is 5.89 Å². The summed E-state index contributed by atoms with van der Waals surface area (Å²) in [5, 5.41) is 4.09. The molecule has 0 bridgehead atoms. The molecule has 0 amide bonds. The van der Waals surface area contributed by atoms with Crippen molar-refractivity contribution in [1.29, 1.82) is 0 Å². The van der Waals surface area contributed by atoms with E-state index in [4.69, 9.17) is 10.3 Å². The summed E-state index contributed by atoms with van der Waals surface area (Å²) >= 11 is 0. The number of likely N-dealkylation sites (tertiary alicyclic amines) is 1. The third-order valence-corrected chi connectivity index (χ3v) is 4.39. The maximum atomic E-state index is 5.98.